The van der Waals surface area contributed by atoms with E-state index >= 15 is 0 Å². The minimum Gasteiger partial charge on any atom is -0.497 e. The predicted octanol–water partition coefficient (Wildman–Crippen LogP) is 2.71. The van der Waals surface area contributed by atoms with Gasteiger partial charge in [0.1, 0.15) is 11.8 Å². The number of sulfonamides is 1. The molecular formula is C21H25NO6S. The van der Waals surface area contributed by atoms with E-state index in [1.807, 2.05) is 26.8 Å². The zero-order chi connectivity index (χ0) is 21.8. The molecule has 0 aliphatic carbocycles. The number of ether oxygens (including phenoxy) is 2. The third-order valence-electron chi connectivity index (χ3n) is 4.54. The maximum atomic E-state index is 12.4. The molecule has 0 fully saturated rings. The first kappa shape index (κ1) is 22.6. The Hall–Kier alpha value is -2.71. The number of esters is 1. The van der Waals surface area contributed by atoms with Crippen LogP contribution in [0.4, 0.5) is 0 Å². The van der Waals surface area contributed by atoms with E-state index in [2.05, 4.69) is 4.72 Å². The molecule has 29 heavy (non-hydrogen) atoms. The van der Waals surface area contributed by atoms with Gasteiger partial charge >= 0.3 is 5.97 Å². The van der Waals surface area contributed by atoms with E-state index in [4.69, 9.17) is 9.47 Å². The predicted molar refractivity (Wildman–Crippen MR) is 109 cm³/mol. The number of hydrogen-bond acceptors (Lipinski definition) is 6. The van der Waals surface area contributed by atoms with Crippen LogP contribution in [0.25, 0.3) is 0 Å². The highest BCUT2D eigenvalue weighted by Gasteiger charge is 2.24. The number of Topliss-reactive ketones (excluding diaryl/α,β-unsaturated/α-hetero) is 1. The summed E-state index contributed by atoms with van der Waals surface area (Å²) < 4.78 is 37.1. The van der Waals surface area contributed by atoms with Crippen molar-refractivity contribution in [1.82, 2.24) is 4.72 Å². The number of aryl methyl sites for hydroxylation is 3. The number of methoxy groups -OCH3 is 1. The van der Waals surface area contributed by atoms with E-state index in [-0.39, 0.29) is 10.7 Å². The van der Waals surface area contributed by atoms with Gasteiger partial charge in [0, 0.05) is 5.56 Å². The number of ketones is 1. The fourth-order valence-electron chi connectivity index (χ4n) is 2.70. The summed E-state index contributed by atoms with van der Waals surface area (Å²) in [6.07, 6.45) is 0. The fourth-order valence-corrected chi connectivity index (χ4v) is 3.90. The van der Waals surface area contributed by atoms with Gasteiger partial charge in [-0.2, -0.15) is 4.72 Å². The summed E-state index contributed by atoms with van der Waals surface area (Å²) in [6.45, 7) is 6.56. The summed E-state index contributed by atoms with van der Waals surface area (Å²) in [7, 11) is -2.46. The topological polar surface area (TPSA) is 98.8 Å². The van der Waals surface area contributed by atoms with Crippen molar-refractivity contribution in [2.75, 3.05) is 13.7 Å². The number of carbonyl (C=O) groups is 2. The summed E-state index contributed by atoms with van der Waals surface area (Å²) in [4.78, 5) is 24.6. The first-order chi connectivity index (χ1) is 13.5. The lowest BCUT2D eigenvalue weighted by Crippen LogP contribution is -2.40. The van der Waals surface area contributed by atoms with Crippen molar-refractivity contribution in [3.63, 3.8) is 0 Å². The Morgan fingerprint density at radius 3 is 2.17 bits per heavy atom. The normalized spacial score (nSPS) is 12.3. The lowest BCUT2D eigenvalue weighted by molar-refractivity contribution is -0.144. The molecule has 0 saturated carbocycles. The number of benzene rings is 2. The molecule has 2 aromatic carbocycles. The monoisotopic (exact) mass is 419 g/mol. The minimum absolute atomic E-state index is 0.0141. The lowest BCUT2D eigenvalue weighted by atomic mass is 9.98. The molecule has 0 amide bonds. The van der Waals surface area contributed by atoms with Crippen molar-refractivity contribution in [2.45, 2.75) is 38.6 Å². The van der Waals surface area contributed by atoms with Gasteiger partial charge in [0.25, 0.3) is 0 Å². The van der Waals surface area contributed by atoms with Gasteiger partial charge in [-0.05, 0) is 74.7 Å². The number of nitrogens with one attached hydrogen (secondary N) is 1. The van der Waals surface area contributed by atoms with Crippen LogP contribution in [0.3, 0.4) is 0 Å². The molecule has 0 bridgehead atoms. The standard InChI is InChI=1S/C21H25NO6S/c1-13-10-15(3)19(11-14(13)2)20(23)12-28-21(24)16(4)22-29(25,26)18-8-6-17(27-5)7-9-18/h6-11,16,22H,12H2,1-5H3/t16-/m0/s1. The minimum atomic E-state index is -3.93. The fraction of sp³-hybridized carbons (Fsp3) is 0.333. The van der Waals surface area contributed by atoms with Crippen LogP contribution in [-0.2, 0) is 19.6 Å². The molecule has 1 atom stereocenters. The third-order valence-corrected chi connectivity index (χ3v) is 6.10. The molecule has 7 nitrogen and oxygen atoms in total. The second kappa shape index (κ2) is 9.19. The van der Waals surface area contributed by atoms with E-state index in [1.54, 1.807) is 6.07 Å². The van der Waals surface area contributed by atoms with Crippen molar-refractivity contribution in [1.29, 1.82) is 0 Å². The first-order valence-corrected chi connectivity index (χ1v) is 10.5. The summed E-state index contributed by atoms with van der Waals surface area (Å²) in [5.41, 5.74) is 3.30. The van der Waals surface area contributed by atoms with Crippen LogP contribution in [0, 0.1) is 20.8 Å². The van der Waals surface area contributed by atoms with Crippen LogP contribution in [0.2, 0.25) is 0 Å². The van der Waals surface area contributed by atoms with Crippen LogP contribution in [0.15, 0.2) is 41.3 Å². The van der Waals surface area contributed by atoms with Crippen LogP contribution in [-0.4, -0.2) is 39.9 Å². The Morgan fingerprint density at radius 1 is 1.00 bits per heavy atom. The van der Waals surface area contributed by atoms with Crippen LogP contribution >= 0.6 is 0 Å². The Morgan fingerprint density at radius 2 is 1.59 bits per heavy atom. The second-order valence-corrected chi connectivity index (χ2v) is 8.51. The van der Waals surface area contributed by atoms with Gasteiger partial charge in [-0.3, -0.25) is 9.59 Å². The highest BCUT2D eigenvalue weighted by Crippen LogP contribution is 2.17. The molecule has 2 aromatic rings. The second-order valence-electron chi connectivity index (χ2n) is 6.80. The molecule has 0 spiro atoms. The van der Waals surface area contributed by atoms with Crippen molar-refractivity contribution in [3.05, 3.63) is 58.7 Å². The van der Waals surface area contributed by atoms with Gasteiger partial charge in [0.15, 0.2) is 6.61 Å². The molecule has 0 saturated heterocycles. The molecule has 1 N–H and O–H groups in total. The molecule has 0 aromatic heterocycles. The van der Waals surface area contributed by atoms with Gasteiger partial charge < -0.3 is 9.47 Å². The zero-order valence-corrected chi connectivity index (χ0v) is 17.9. The van der Waals surface area contributed by atoms with Crippen molar-refractivity contribution >= 4 is 21.8 Å². The zero-order valence-electron chi connectivity index (χ0n) is 17.1. The average molecular weight is 419 g/mol. The molecule has 8 heteroatoms. The van der Waals surface area contributed by atoms with E-state index in [9.17, 15) is 18.0 Å². The molecule has 0 aliphatic rings. The summed E-state index contributed by atoms with van der Waals surface area (Å²) in [5, 5.41) is 0. The average Bonchev–Trinajstić information content (AvgIpc) is 2.68. The first-order valence-electron chi connectivity index (χ1n) is 8.99. The van der Waals surface area contributed by atoms with Gasteiger partial charge in [0.2, 0.25) is 15.8 Å². The summed E-state index contributed by atoms with van der Waals surface area (Å²) in [5.74, 6) is -0.669. The molecule has 2 rings (SSSR count). The summed E-state index contributed by atoms with van der Waals surface area (Å²) >= 11 is 0. The van der Waals surface area contributed by atoms with Gasteiger partial charge in [-0.25, -0.2) is 8.42 Å². The van der Waals surface area contributed by atoms with E-state index in [0.29, 0.717) is 11.3 Å². The van der Waals surface area contributed by atoms with E-state index in [1.165, 1.54) is 38.3 Å². The highest BCUT2D eigenvalue weighted by atomic mass is 32.2. The lowest BCUT2D eigenvalue weighted by Gasteiger charge is -2.14. The molecule has 0 radical (unpaired) electrons. The van der Waals surface area contributed by atoms with Crippen LogP contribution < -0.4 is 9.46 Å². The Labute approximate surface area is 171 Å². The van der Waals surface area contributed by atoms with Crippen molar-refractivity contribution < 1.29 is 27.5 Å². The van der Waals surface area contributed by atoms with Gasteiger partial charge in [-0.1, -0.05) is 6.07 Å². The van der Waals surface area contributed by atoms with E-state index in [0.717, 1.165) is 16.7 Å². The van der Waals surface area contributed by atoms with Gasteiger partial charge in [0.05, 0.1) is 12.0 Å². The van der Waals surface area contributed by atoms with Crippen molar-refractivity contribution in [2.24, 2.45) is 0 Å². The van der Waals surface area contributed by atoms with Crippen LogP contribution in [0.1, 0.15) is 34.0 Å². The Bertz CT molecular complexity index is 1010. The van der Waals surface area contributed by atoms with Crippen LogP contribution in [0.5, 0.6) is 5.75 Å². The SMILES string of the molecule is COc1ccc(S(=O)(=O)N[C@@H](C)C(=O)OCC(=O)c2cc(C)c(C)cc2C)cc1. The third kappa shape index (κ3) is 5.65. The molecule has 156 valence electrons. The molecule has 0 unspecified atom stereocenters. The molecular weight excluding hydrogens is 394 g/mol. The van der Waals surface area contributed by atoms with Gasteiger partial charge in [-0.15, -0.1) is 0 Å². The smallest absolute Gasteiger partial charge is 0.324 e. The number of rotatable bonds is 8. The summed E-state index contributed by atoms with van der Waals surface area (Å²) in [6, 6.07) is 8.24. The number of carbonyl (C=O) groups excluding carboxylic acids is 2. The van der Waals surface area contributed by atoms with Crippen molar-refractivity contribution in [3.8, 4) is 5.75 Å². The molecule has 0 aliphatic heterocycles. The molecule has 0 heterocycles. The largest absolute Gasteiger partial charge is 0.497 e. The highest BCUT2D eigenvalue weighted by molar-refractivity contribution is 7.89. The quantitative estimate of drug-likeness (QED) is 0.522. The number of hydrogen-bond donors (Lipinski definition) is 1. The maximum Gasteiger partial charge on any atom is 0.324 e. The Balaban J connectivity index is 1.99. The van der Waals surface area contributed by atoms with E-state index < -0.39 is 28.6 Å². The maximum absolute atomic E-state index is 12.4. The Kier molecular flexibility index (Phi) is 7.16.